The third kappa shape index (κ3) is 13.4. The van der Waals surface area contributed by atoms with Crippen molar-refractivity contribution >= 4 is 18.2 Å². The summed E-state index contributed by atoms with van der Waals surface area (Å²) in [7, 11) is 0. The second-order valence-corrected chi connectivity index (χ2v) is 13.6. The first kappa shape index (κ1) is 32.9. The highest BCUT2D eigenvalue weighted by Gasteiger charge is 2.30. The molecule has 0 radical (unpaired) electrons. The Balaban J connectivity index is 2.83. The number of aromatic hydroxyl groups is 2. The lowest BCUT2D eigenvalue weighted by Crippen LogP contribution is -2.47. The minimum atomic E-state index is -0.842. The summed E-state index contributed by atoms with van der Waals surface area (Å²) in [5.74, 6) is -2.54. The molecule has 1 heterocycles. The lowest BCUT2D eigenvalue weighted by molar-refractivity contribution is -0.147. The second-order valence-electron chi connectivity index (χ2n) is 13.6. The van der Waals surface area contributed by atoms with Crippen LogP contribution in [-0.2, 0) is 14.3 Å². The van der Waals surface area contributed by atoms with E-state index >= 15 is 0 Å². The van der Waals surface area contributed by atoms with Gasteiger partial charge >= 0.3 is 18.2 Å². The Morgan fingerprint density at radius 1 is 0.763 bits per heavy atom. The van der Waals surface area contributed by atoms with Crippen LogP contribution in [0.1, 0.15) is 88.5 Å². The van der Waals surface area contributed by atoms with Gasteiger partial charge < -0.3 is 35.2 Å². The van der Waals surface area contributed by atoms with Gasteiger partial charge in [0.1, 0.15) is 0 Å². The van der Waals surface area contributed by atoms with Gasteiger partial charge in [-0.25, -0.2) is 14.4 Å². The molecule has 0 unspecified atom stereocenters. The third-order valence-electron chi connectivity index (χ3n) is 5.17. The minimum absolute atomic E-state index is 0.0272. The molecule has 0 aliphatic carbocycles. The summed E-state index contributed by atoms with van der Waals surface area (Å²) in [6.45, 7) is 19.4. The lowest BCUT2D eigenvalue weighted by atomic mass is 9.82. The molecule has 1 aromatic rings. The number of carbonyl (C=O) groups is 3. The van der Waals surface area contributed by atoms with Crippen molar-refractivity contribution < 1.29 is 38.9 Å². The topological polar surface area (TPSA) is 148 Å². The SMILES string of the molecule is CC(C)(C)CC(C)(C)NC(=O)OCC(COC(=O)NC(C)(C)CC(C)(C)C)CC(=O)On1c(O)ccc1O. The van der Waals surface area contributed by atoms with Crippen LogP contribution in [-0.4, -0.2) is 57.4 Å². The highest BCUT2D eigenvalue weighted by atomic mass is 16.7. The quantitative estimate of drug-likeness (QED) is 0.314. The van der Waals surface area contributed by atoms with Crippen LogP contribution in [0.25, 0.3) is 0 Å². The normalized spacial score (nSPS) is 12.7. The minimum Gasteiger partial charge on any atom is -0.492 e. The van der Waals surface area contributed by atoms with E-state index in [-0.39, 0.29) is 30.5 Å². The Kier molecular flexibility index (Phi) is 10.9. The number of nitrogens with one attached hydrogen (secondary N) is 2. The van der Waals surface area contributed by atoms with Gasteiger partial charge in [0.15, 0.2) is 0 Å². The number of ether oxygens (including phenoxy) is 2. The predicted molar refractivity (Wildman–Crippen MR) is 143 cm³/mol. The number of amides is 2. The highest BCUT2D eigenvalue weighted by Crippen LogP contribution is 2.28. The van der Waals surface area contributed by atoms with E-state index in [1.165, 1.54) is 0 Å². The summed E-state index contributed by atoms with van der Waals surface area (Å²) in [4.78, 5) is 42.5. The van der Waals surface area contributed by atoms with Crippen LogP contribution in [0, 0.1) is 16.7 Å². The van der Waals surface area contributed by atoms with Gasteiger partial charge in [0.25, 0.3) is 0 Å². The van der Waals surface area contributed by atoms with Crippen molar-refractivity contribution in [2.75, 3.05) is 13.2 Å². The standard InChI is InChI=1S/C27H47N3O8/c1-24(2,3)16-26(7,8)28-22(34)36-14-18(13-21(33)38-30-19(31)11-12-20(30)32)15-37-23(35)29-27(9,10)17-25(4,5)6/h11-12,18,31-32H,13-17H2,1-10H3,(H,28,34)(H,29,35). The average molecular weight is 542 g/mol. The smallest absolute Gasteiger partial charge is 0.407 e. The average Bonchev–Trinajstić information content (AvgIpc) is 2.97. The van der Waals surface area contributed by atoms with E-state index < -0.39 is 46.9 Å². The Morgan fingerprint density at radius 3 is 1.47 bits per heavy atom. The van der Waals surface area contributed by atoms with Gasteiger partial charge in [-0.05, 0) is 51.4 Å². The second kappa shape index (κ2) is 12.6. The lowest BCUT2D eigenvalue weighted by Gasteiger charge is -2.33. The molecular weight excluding hydrogens is 494 g/mol. The number of alkyl carbamates (subject to hydrolysis) is 2. The van der Waals surface area contributed by atoms with E-state index in [9.17, 15) is 24.6 Å². The van der Waals surface area contributed by atoms with Crippen LogP contribution in [0.3, 0.4) is 0 Å². The molecule has 218 valence electrons. The molecule has 1 aromatic heterocycles. The fourth-order valence-electron chi connectivity index (χ4n) is 4.79. The molecule has 2 amide bonds. The fraction of sp³-hybridized carbons (Fsp3) is 0.741. The van der Waals surface area contributed by atoms with Crippen molar-refractivity contribution in [3.8, 4) is 11.8 Å². The van der Waals surface area contributed by atoms with Crippen LogP contribution < -0.4 is 15.5 Å². The summed E-state index contributed by atoms with van der Waals surface area (Å²) in [5.41, 5.74) is -1.13. The Labute approximate surface area is 226 Å². The van der Waals surface area contributed by atoms with E-state index in [0.717, 1.165) is 12.1 Å². The van der Waals surface area contributed by atoms with Crippen molar-refractivity contribution in [1.29, 1.82) is 0 Å². The first-order chi connectivity index (χ1) is 17.1. The van der Waals surface area contributed by atoms with Crippen molar-refractivity contribution in [3.05, 3.63) is 12.1 Å². The third-order valence-corrected chi connectivity index (χ3v) is 5.17. The summed E-state index contributed by atoms with van der Waals surface area (Å²) < 4.78 is 11.3. The summed E-state index contributed by atoms with van der Waals surface area (Å²) in [5, 5.41) is 25.1. The molecule has 0 aliphatic rings. The van der Waals surface area contributed by atoms with E-state index in [0.29, 0.717) is 17.6 Å². The molecule has 0 atom stereocenters. The number of hydrogen-bond donors (Lipinski definition) is 4. The Bertz CT molecular complexity index is 889. The molecule has 38 heavy (non-hydrogen) atoms. The number of rotatable bonds is 11. The van der Waals surface area contributed by atoms with Gasteiger partial charge in [0.05, 0.1) is 19.6 Å². The molecule has 0 saturated carbocycles. The van der Waals surface area contributed by atoms with Gasteiger partial charge in [-0.2, -0.15) is 0 Å². The maximum Gasteiger partial charge on any atom is 0.407 e. The van der Waals surface area contributed by atoms with Crippen molar-refractivity contribution in [1.82, 2.24) is 15.4 Å². The maximum atomic E-state index is 12.5. The van der Waals surface area contributed by atoms with Crippen LogP contribution in [0.4, 0.5) is 9.59 Å². The largest absolute Gasteiger partial charge is 0.492 e. The number of hydrogen-bond acceptors (Lipinski definition) is 8. The fourth-order valence-corrected chi connectivity index (χ4v) is 4.79. The van der Waals surface area contributed by atoms with Gasteiger partial charge in [0, 0.05) is 29.1 Å². The van der Waals surface area contributed by atoms with Crippen LogP contribution in [0.15, 0.2) is 12.1 Å². The molecule has 0 saturated heterocycles. The molecule has 4 N–H and O–H groups in total. The molecule has 0 aliphatic heterocycles. The van der Waals surface area contributed by atoms with Gasteiger partial charge in [-0.15, -0.1) is 4.73 Å². The molecule has 11 heteroatoms. The Morgan fingerprint density at radius 2 is 1.13 bits per heavy atom. The zero-order valence-corrected chi connectivity index (χ0v) is 24.6. The van der Waals surface area contributed by atoms with E-state index in [1.807, 2.05) is 27.7 Å². The van der Waals surface area contributed by atoms with Crippen molar-refractivity contribution in [3.63, 3.8) is 0 Å². The monoisotopic (exact) mass is 541 g/mol. The van der Waals surface area contributed by atoms with Gasteiger partial charge in [-0.1, -0.05) is 41.5 Å². The molecule has 11 nitrogen and oxygen atoms in total. The van der Waals surface area contributed by atoms with Crippen molar-refractivity contribution in [2.24, 2.45) is 16.7 Å². The summed E-state index contributed by atoms with van der Waals surface area (Å²) >= 11 is 0. The highest BCUT2D eigenvalue weighted by molar-refractivity contribution is 5.71. The van der Waals surface area contributed by atoms with Crippen molar-refractivity contribution in [2.45, 2.75) is 99.6 Å². The molecular formula is C27H47N3O8. The first-order valence-corrected chi connectivity index (χ1v) is 12.8. The maximum absolute atomic E-state index is 12.5. The van der Waals surface area contributed by atoms with Crippen LogP contribution in [0.2, 0.25) is 0 Å². The first-order valence-electron chi connectivity index (χ1n) is 12.8. The number of aromatic nitrogens is 1. The predicted octanol–water partition coefficient (Wildman–Crippen LogP) is 4.74. The molecule has 0 fully saturated rings. The molecule has 0 bridgehead atoms. The number of carbonyl (C=O) groups excluding carboxylic acids is 3. The van der Waals surface area contributed by atoms with Crippen LogP contribution in [0.5, 0.6) is 11.8 Å². The van der Waals surface area contributed by atoms with Crippen LogP contribution >= 0.6 is 0 Å². The zero-order valence-electron chi connectivity index (χ0n) is 24.6. The van der Waals surface area contributed by atoms with Gasteiger partial charge in [-0.3, -0.25) is 0 Å². The summed E-state index contributed by atoms with van der Waals surface area (Å²) in [6, 6.07) is 2.30. The summed E-state index contributed by atoms with van der Waals surface area (Å²) in [6.07, 6.45) is -0.276. The van der Waals surface area contributed by atoms with E-state index in [4.69, 9.17) is 14.3 Å². The zero-order chi connectivity index (χ0) is 29.5. The Hall–Kier alpha value is -3.11. The molecule has 1 rings (SSSR count). The van der Waals surface area contributed by atoms with E-state index in [1.54, 1.807) is 0 Å². The molecule has 0 spiro atoms. The molecule has 0 aromatic carbocycles. The van der Waals surface area contributed by atoms with E-state index in [2.05, 4.69) is 52.2 Å². The number of nitrogens with zero attached hydrogens (tertiary/aromatic N) is 1. The van der Waals surface area contributed by atoms with Gasteiger partial charge in [0.2, 0.25) is 11.8 Å².